The van der Waals surface area contributed by atoms with Gasteiger partial charge in [0.2, 0.25) is 0 Å². The molecule has 0 bridgehead atoms. The highest BCUT2D eigenvalue weighted by molar-refractivity contribution is 7.87. The zero-order chi connectivity index (χ0) is 13.6. The van der Waals surface area contributed by atoms with Crippen molar-refractivity contribution in [2.24, 2.45) is 11.7 Å². The van der Waals surface area contributed by atoms with Crippen LogP contribution in [0.5, 0.6) is 0 Å². The Labute approximate surface area is 110 Å². The molecular formula is C11H25N3O3S. The van der Waals surface area contributed by atoms with E-state index in [1.807, 2.05) is 0 Å². The van der Waals surface area contributed by atoms with E-state index in [0.717, 1.165) is 25.7 Å². The number of ether oxygens (including phenoxy) is 1. The van der Waals surface area contributed by atoms with Gasteiger partial charge in [-0.05, 0) is 25.3 Å². The molecule has 6 nitrogen and oxygen atoms in total. The molecule has 0 spiro atoms. The van der Waals surface area contributed by atoms with Gasteiger partial charge in [0.05, 0.1) is 6.61 Å². The van der Waals surface area contributed by atoms with Gasteiger partial charge in [0.15, 0.2) is 0 Å². The van der Waals surface area contributed by atoms with E-state index in [2.05, 4.69) is 4.72 Å². The molecule has 1 fully saturated rings. The van der Waals surface area contributed by atoms with Crippen LogP contribution in [0.15, 0.2) is 0 Å². The molecule has 0 aromatic heterocycles. The van der Waals surface area contributed by atoms with Crippen molar-refractivity contribution in [2.45, 2.75) is 31.7 Å². The Kier molecular flexibility index (Phi) is 6.51. The van der Waals surface area contributed by atoms with E-state index in [9.17, 15) is 8.42 Å². The summed E-state index contributed by atoms with van der Waals surface area (Å²) in [6.45, 7) is 1.21. The second-order valence-electron chi connectivity index (χ2n) is 4.76. The van der Waals surface area contributed by atoms with Gasteiger partial charge in [-0.3, -0.25) is 0 Å². The Hall–Kier alpha value is -0.210. The van der Waals surface area contributed by atoms with E-state index < -0.39 is 10.2 Å². The second-order valence-corrected chi connectivity index (χ2v) is 6.57. The molecule has 1 saturated carbocycles. The first-order valence-electron chi connectivity index (χ1n) is 6.44. The Morgan fingerprint density at radius 2 is 2.06 bits per heavy atom. The van der Waals surface area contributed by atoms with Crippen molar-refractivity contribution in [1.82, 2.24) is 9.03 Å². The van der Waals surface area contributed by atoms with Gasteiger partial charge in [-0.1, -0.05) is 12.8 Å². The molecule has 0 radical (unpaired) electrons. The van der Waals surface area contributed by atoms with Crippen LogP contribution in [0.3, 0.4) is 0 Å². The minimum atomic E-state index is -3.43. The molecule has 0 saturated heterocycles. The summed E-state index contributed by atoms with van der Waals surface area (Å²) in [6.07, 6.45) is 4.12. The molecule has 7 heteroatoms. The number of hydrogen-bond donors (Lipinski definition) is 2. The summed E-state index contributed by atoms with van der Waals surface area (Å²) in [5, 5.41) is 0. The lowest BCUT2D eigenvalue weighted by Crippen LogP contribution is -2.50. The van der Waals surface area contributed by atoms with Crippen molar-refractivity contribution in [3.05, 3.63) is 0 Å². The quantitative estimate of drug-likeness (QED) is 0.638. The first-order chi connectivity index (χ1) is 8.53. The lowest BCUT2D eigenvalue weighted by atomic mass is 9.85. The number of hydrogen-bond acceptors (Lipinski definition) is 4. The fourth-order valence-corrected chi connectivity index (χ4v) is 3.67. The van der Waals surface area contributed by atoms with Crippen LogP contribution in [-0.2, 0) is 14.9 Å². The number of methoxy groups -OCH3 is 1. The summed E-state index contributed by atoms with van der Waals surface area (Å²) >= 11 is 0. The van der Waals surface area contributed by atoms with Crippen LogP contribution in [0.4, 0.5) is 0 Å². The van der Waals surface area contributed by atoms with Crippen LogP contribution in [0.2, 0.25) is 0 Å². The van der Waals surface area contributed by atoms with Gasteiger partial charge in [0.1, 0.15) is 0 Å². The van der Waals surface area contributed by atoms with Gasteiger partial charge in [-0.25, -0.2) is 0 Å². The molecule has 108 valence electrons. The Balaban J connectivity index is 2.62. The maximum Gasteiger partial charge on any atom is 0.279 e. The molecule has 2 unspecified atom stereocenters. The summed E-state index contributed by atoms with van der Waals surface area (Å²) in [5.41, 5.74) is 5.73. The Bertz CT molecular complexity index is 334. The summed E-state index contributed by atoms with van der Waals surface area (Å²) in [6, 6.07) is 0.0174. The summed E-state index contributed by atoms with van der Waals surface area (Å²) in [7, 11) is -0.249. The SMILES string of the molecule is COCCNS(=O)(=O)N(C)C1CCCCC1CN. The Morgan fingerprint density at radius 3 is 2.67 bits per heavy atom. The number of nitrogens with two attached hydrogens (primary N) is 1. The summed E-state index contributed by atoms with van der Waals surface area (Å²) < 4.78 is 33.0. The summed E-state index contributed by atoms with van der Waals surface area (Å²) in [4.78, 5) is 0. The minimum Gasteiger partial charge on any atom is -0.383 e. The largest absolute Gasteiger partial charge is 0.383 e. The lowest BCUT2D eigenvalue weighted by molar-refractivity contribution is 0.194. The highest BCUT2D eigenvalue weighted by Crippen LogP contribution is 2.28. The molecule has 2 atom stereocenters. The third-order valence-electron chi connectivity index (χ3n) is 3.61. The van der Waals surface area contributed by atoms with Gasteiger partial charge >= 0.3 is 0 Å². The second kappa shape index (κ2) is 7.40. The van der Waals surface area contributed by atoms with Gasteiger partial charge in [0.25, 0.3) is 10.2 Å². The fourth-order valence-electron chi connectivity index (χ4n) is 2.49. The van der Waals surface area contributed by atoms with Crippen LogP contribution < -0.4 is 10.5 Å². The van der Waals surface area contributed by atoms with Crippen molar-refractivity contribution >= 4 is 10.2 Å². The van der Waals surface area contributed by atoms with E-state index in [0.29, 0.717) is 19.7 Å². The van der Waals surface area contributed by atoms with Crippen LogP contribution >= 0.6 is 0 Å². The van der Waals surface area contributed by atoms with E-state index in [1.54, 1.807) is 14.2 Å². The van der Waals surface area contributed by atoms with Crippen molar-refractivity contribution < 1.29 is 13.2 Å². The van der Waals surface area contributed by atoms with Crippen molar-refractivity contribution in [3.8, 4) is 0 Å². The average molecular weight is 279 g/mol. The first-order valence-corrected chi connectivity index (χ1v) is 7.88. The Morgan fingerprint density at radius 1 is 1.39 bits per heavy atom. The molecular weight excluding hydrogens is 254 g/mol. The molecule has 0 aromatic carbocycles. The number of nitrogens with one attached hydrogen (secondary N) is 1. The molecule has 0 heterocycles. The van der Waals surface area contributed by atoms with Crippen molar-refractivity contribution in [2.75, 3.05) is 33.9 Å². The molecule has 18 heavy (non-hydrogen) atoms. The van der Waals surface area contributed by atoms with E-state index in [-0.39, 0.29) is 12.0 Å². The van der Waals surface area contributed by atoms with Crippen LogP contribution in [-0.4, -0.2) is 52.6 Å². The summed E-state index contributed by atoms with van der Waals surface area (Å²) in [5.74, 6) is 0.266. The van der Waals surface area contributed by atoms with E-state index in [1.165, 1.54) is 4.31 Å². The number of nitrogens with zero attached hydrogens (tertiary/aromatic N) is 1. The molecule has 3 N–H and O–H groups in total. The predicted octanol–water partition coefficient (Wildman–Crippen LogP) is -0.0835. The van der Waals surface area contributed by atoms with Gasteiger partial charge < -0.3 is 10.5 Å². The molecule has 1 rings (SSSR count). The number of rotatable bonds is 7. The van der Waals surface area contributed by atoms with Crippen molar-refractivity contribution in [1.29, 1.82) is 0 Å². The van der Waals surface area contributed by atoms with Gasteiger partial charge in [-0.15, -0.1) is 0 Å². The average Bonchev–Trinajstić information content (AvgIpc) is 2.38. The predicted molar refractivity (Wildman–Crippen MR) is 71.4 cm³/mol. The zero-order valence-electron chi connectivity index (χ0n) is 11.3. The van der Waals surface area contributed by atoms with Crippen LogP contribution in [0.1, 0.15) is 25.7 Å². The smallest absolute Gasteiger partial charge is 0.279 e. The maximum absolute atomic E-state index is 12.1. The van der Waals surface area contributed by atoms with Crippen molar-refractivity contribution in [3.63, 3.8) is 0 Å². The highest BCUT2D eigenvalue weighted by Gasteiger charge is 2.33. The normalized spacial score (nSPS) is 25.6. The lowest BCUT2D eigenvalue weighted by Gasteiger charge is -2.36. The van der Waals surface area contributed by atoms with E-state index >= 15 is 0 Å². The monoisotopic (exact) mass is 279 g/mol. The van der Waals surface area contributed by atoms with Crippen LogP contribution in [0, 0.1) is 5.92 Å². The van der Waals surface area contributed by atoms with Crippen LogP contribution in [0.25, 0.3) is 0 Å². The highest BCUT2D eigenvalue weighted by atomic mass is 32.2. The van der Waals surface area contributed by atoms with Gasteiger partial charge in [0, 0.05) is 26.7 Å². The molecule has 0 aromatic rings. The zero-order valence-corrected chi connectivity index (χ0v) is 12.1. The third-order valence-corrected chi connectivity index (χ3v) is 5.21. The van der Waals surface area contributed by atoms with Gasteiger partial charge in [-0.2, -0.15) is 17.4 Å². The van der Waals surface area contributed by atoms with E-state index in [4.69, 9.17) is 10.5 Å². The molecule has 0 aliphatic heterocycles. The fraction of sp³-hybridized carbons (Fsp3) is 1.00. The standard InChI is InChI=1S/C11H25N3O3S/c1-14(18(15,16)13-7-8-17-2)11-6-4-3-5-10(11)9-12/h10-11,13H,3-9,12H2,1-2H3. The first kappa shape index (κ1) is 15.8. The molecule has 1 aliphatic carbocycles. The minimum absolute atomic E-state index is 0.0174. The maximum atomic E-state index is 12.1. The topological polar surface area (TPSA) is 84.7 Å². The molecule has 1 aliphatic rings. The third kappa shape index (κ3) is 4.17. The molecule has 0 amide bonds.